The second-order valence-electron chi connectivity index (χ2n) is 35.2. The fraction of sp³-hybridized carbons (Fsp3) is 0.148. The average Bonchev–Trinajstić information content (AvgIpc) is 1.40. The first-order valence-electron chi connectivity index (χ1n) is 44.7. The summed E-state index contributed by atoms with van der Waals surface area (Å²) in [5.41, 5.74) is 33.0. The highest BCUT2D eigenvalue weighted by Gasteiger charge is 2.54. The van der Waals surface area contributed by atoms with Gasteiger partial charge in [0.2, 0.25) is 0 Å². The molecule has 0 atom stereocenters. The maximum Gasteiger partial charge on any atom is 0.377 e. The zero-order valence-corrected chi connectivity index (χ0v) is 73.4. The van der Waals surface area contributed by atoms with E-state index in [9.17, 15) is 13.2 Å². The van der Waals surface area contributed by atoms with Crippen LogP contribution in [-0.4, -0.2) is 80.3 Å². The number of rotatable bonds is 16. The monoisotopic (exact) mass is 1650 g/mol. The van der Waals surface area contributed by atoms with Crippen molar-refractivity contribution in [3.63, 3.8) is 0 Å². The Bertz CT molecular complexity index is 5920. The van der Waals surface area contributed by atoms with Crippen LogP contribution in [-0.2, 0) is 17.1 Å². The molecule has 0 aromatic heterocycles. The van der Waals surface area contributed by atoms with Gasteiger partial charge in [-0.3, -0.25) is 0 Å². The summed E-state index contributed by atoms with van der Waals surface area (Å²) < 4.78 is 54.6. The van der Waals surface area contributed by atoms with Gasteiger partial charge in [-0.05, 0) is 133 Å². The van der Waals surface area contributed by atoms with Gasteiger partial charge in [0.1, 0.15) is 43.9 Å². The molecule has 11 heteroatoms. The molecule has 4 nitrogen and oxygen atoms in total. The lowest BCUT2D eigenvalue weighted by molar-refractivity contribution is 0.0786. The Morgan fingerprint density at radius 1 is 0.222 bits per heavy atom. The van der Waals surface area contributed by atoms with E-state index in [2.05, 4.69) is 405 Å². The Balaban J connectivity index is 0.000000124. The van der Waals surface area contributed by atoms with Crippen molar-refractivity contribution in [3.05, 3.63) is 481 Å². The van der Waals surface area contributed by atoms with Gasteiger partial charge in [0.05, 0.1) is 28.4 Å². The summed E-state index contributed by atoms with van der Waals surface area (Å²) in [6.07, 6.45) is 7.75. The average molecular weight is 1660 g/mol. The van der Waals surface area contributed by atoms with Gasteiger partial charge in [-0.15, -0.1) is 60.1 Å². The standard InChI is InChI=1S/C46H43BO.C25H27BO.C22H18BF3O.C22H21BO/c1-48-34-45(41-20-12-5-13-21-41)46(42-24-22-38(23-25-42)35-14-6-2-7-15-35)47(48,43-30-26-39(27-31-43)36-16-8-3-9-17-36)44-32-28-40(29-33-44)37-18-10-4-11-19-37;1-19-5-11-22(12-6-19)25-17-18-27(4)26(25,23-13-7-20(2)8-14-23)24-15-9-21(3)10-16-24;1-27-15-14-22(16-2-8-19(24)9-3-16)23(27,17-4-10-20(25)11-5-17)18-6-12-21(26)13-7-18;1-24-18-17-22(19-11-5-2-6-12-19)23(24,20-13-7-3-8-14-20)21-15-9-4-10-16-21/h2-4,6-11,14-19,22-33,41H,5,12-13,20-21,34H2,1H3;5-17H,18H2,1-4H3;2-14H,15H2,1H3;2-17H,18H2,1H3. The van der Waals surface area contributed by atoms with E-state index < -0.39 is 25.4 Å². The lowest BCUT2D eigenvalue weighted by Gasteiger charge is -2.43. The molecular formula is C115H109B4F3O4. The van der Waals surface area contributed by atoms with Crippen LogP contribution in [0.2, 0.25) is 0 Å². The molecule has 4 aliphatic heterocycles. The molecule has 15 aromatic carbocycles. The van der Waals surface area contributed by atoms with E-state index in [1.54, 1.807) is 42.0 Å². The lowest BCUT2D eigenvalue weighted by Crippen LogP contribution is -2.64. The van der Waals surface area contributed by atoms with Crippen LogP contribution in [0.5, 0.6) is 0 Å². The first kappa shape index (κ1) is 85.3. The van der Waals surface area contributed by atoms with E-state index >= 15 is 0 Å². The van der Waals surface area contributed by atoms with Gasteiger partial charge < -0.3 is 17.1 Å². The zero-order valence-electron chi connectivity index (χ0n) is 73.4. The van der Waals surface area contributed by atoms with Gasteiger partial charge in [-0.1, -0.05) is 428 Å². The van der Waals surface area contributed by atoms with E-state index in [0.717, 1.165) is 41.8 Å². The fourth-order valence-corrected chi connectivity index (χ4v) is 21.7. The van der Waals surface area contributed by atoms with Crippen LogP contribution in [0.1, 0.15) is 71.0 Å². The van der Waals surface area contributed by atoms with E-state index in [1.165, 1.54) is 184 Å². The summed E-state index contributed by atoms with van der Waals surface area (Å²) in [5.74, 6) is -0.336. The SMILES string of the molecule is C[O+]1CC(C2CCCCC2)=C(c2ccc(-c3ccccc3)cc2)[B-]1(c1ccc(-c2ccccc2)cc1)c1ccc(-c2ccccc2)cc1.C[O+]1CC=C(c2ccc(F)cc2)[B-]1(c1ccc(F)cc1)c1ccc(F)cc1.C[O+]1CC=C(c2ccccc2)[B-]1(c1ccccc1)c1ccccc1.Cc1ccc(C2=CC[O+](C)[B-]2(c2ccc(C)cc2)c2ccc(C)cc2)cc1. The molecule has 0 N–H and O–H groups in total. The minimum absolute atomic E-state index is 0.306. The summed E-state index contributed by atoms with van der Waals surface area (Å²) in [7, 11) is 8.55. The Kier molecular flexibility index (Phi) is 25.7. The molecule has 4 heterocycles. The molecule has 626 valence electrons. The van der Waals surface area contributed by atoms with E-state index in [1.807, 2.05) is 7.11 Å². The first-order valence-corrected chi connectivity index (χ1v) is 44.7. The van der Waals surface area contributed by atoms with Crippen molar-refractivity contribution in [1.29, 1.82) is 0 Å². The Labute approximate surface area is 744 Å². The van der Waals surface area contributed by atoms with Gasteiger partial charge in [0, 0.05) is 0 Å². The Morgan fingerprint density at radius 3 is 0.778 bits per heavy atom. The van der Waals surface area contributed by atoms with Crippen molar-refractivity contribution in [2.75, 3.05) is 54.9 Å². The molecule has 20 rings (SSSR count). The third kappa shape index (κ3) is 16.7. The smallest absolute Gasteiger partial charge is 0.377 e. The van der Waals surface area contributed by atoms with E-state index in [-0.39, 0.29) is 17.5 Å². The molecule has 1 fully saturated rings. The van der Waals surface area contributed by atoms with Gasteiger partial charge in [-0.25, -0.2) is 13.2 Å². The largest absolute Gasteiger partial charge is 0.659 e. The summed E-state index contributed by atoms with van der Waals surface area (Å²) >= 11 is 0. The molecule has 0 spiro atoms. The van der Waals surface area contributed by atoms with Gasteiger partial charge in [0.15, 0.2) is 0 Å². The van der Waals surface area contributed by atoms with Crippen molar-refractivity contribution >= 4 is 91.0 Å². The van der Waals surface area contributed by atoms with Crippen LogP contribution >= 0.6 is 0 Å². The normalized spacial score (nSPS) is 16.6. The minimum Gasteiger partial charge on any atom is -0.659 e. The molecule has 0 bridgehead atoms. The van der Waals surface area contributed by atoms with Crippen molar-refractivity contribution in [1.82, 2.24) is 0 Å². The molecule has 0 amide bonds. The topological polar surface area (TPSA) is 10.8 Å². The van der Waals surface area contributed by atoms with Crippen LogP contribution in [0.3, 0.4) is 0 Å². The molecular weight excluding hydrogens is 1550 g/mol. The molecule has 0 saturated heterocycles. The van der Waals surface area contributed by atoms with Crippen LogP contribution in [0.25, 0.3) is 55.3 Å². The Morgan fingerprint density at radius 2 is 0.444 bits per heavy atom. The van der Waals surface area contributed by atoms with Crippen molar-refractivity contribution in [2.45, 2.75) is 52.9 Å². The predicted octanol–water partition coefficient (Wildman–Crippen LogP) is 22.6. The van der Waals surface area contributed by atoms with Crippen LogP contribution in [0.4, 0.5) is 13.2 Å². The lowest BCUT2D eigenvalue weighted by atomic mass is 9.26. The van der Waals surface area contributed by atoms with Crippen LogP contribution in [0, 0.1) is 44.1 Å². The Hall–Kier alpha value is -12.9. The number of halogens is 3. The second-order valence-corrected chi connectivity index (χ2v) is 35.2. The molecule has 126 heavy (non-hydrogen) atoms. The minimum atomic E-state index is -1.69. The highest BCUT2D eigenvalue weighted by atomic mass is 19.1. The molecule has 15 aromatic rings. The number of benzene rings is 15. The second kappa shape index (κ2) is 37.9. The molecule has 0 unspecified atom stereocenters. The van der Waals surface area contributed by atoms with Gasteiger partial charge >= 0.3 is 25.4 Å². The predicted molar refractivity (Wildman–Crippen MR) is 533 cm³/mol. The van der Waals surface area contributed by atoms with Crippen molar-refractivity contribution in [2.24, 2.45) is 5.92 Å². The van der Waals surface area contributed by atoms with Crippen LogP contribution < -0.4 is 43.7 Å². The number of hydrogen-bond acceptors (Lipinski definition) is 0. The van der Waals surface area contributed by atoms with E-state index in [0.29, 0.717) is 12.5 Å². The molecule has 1 saturated carbocycles. The molecule has 1 aliphatic carbocycles. The van der Waals surface area contributed by atoms with Crippen LogP contribution in [0.15, 0.2) is 424 Å². The number of aryl methyl sites for hydroxylation is 3. The summed E-state index contributed by atoms with van der Waals surface area (Å²) in [6.45, 7) is 9.73. The van der Waals surface area contributed by atoms with Crippen molar-refractivity contribution in [3.8, 4) is 33.4 Å². The molecule has 0 radical (unpaired) electrons. The van der Waals surface area contributed by atoms with Gasteiger partial charge in [-0.2, -0.15) is 0 Å². The summed E-state index contributed by atoms with van der Waals surface area (Å²) in [4.78, 5) is 0. The summed E-state index contributed by atoms with van der Waals surface area (Å²) in [5, 5.41) is 0. The highest BCUT2D eigenvalue weighted by molar-refractivity contribution is 7.14. The fourth-order valence-electron chi connectivity index (χ4n) is 21.7. The molecule has 5 aliphatic rings. The third-order valence-corrected chi connectivity index (χ3v) is 27.9. The first-order chi connectivity index (χ1) is 61.6. The zero-order chi connectivity index (χ0) is 86.8. The number of hydrogen-bond donors (Lipinski definition) is 0. The maximum atomic E-state index is 13.6. The third-order valence-electron chi connectivity index (χ3n) is 27.9. The summed E-state index contributed by atoms with van der Waals surface area (Å²) in [6, 6.07) is 139. The maximum absolute atomic E-state index is 13.6. The quantitative estimate of drug-likeness (QED) is 0.0675. The van der Waals surface area contributed by atoms with Gasteiger partial charge in [0.25, 0.3) is 0 Å². The highest BCUT2D eigenvalue weighted by Crippen LogP contribution is 2.47. The van der Waals surface area contributed by atoms with E-state index in [4.69, 9.17) is 0 Å². The van der Waals surface area contributed by atoms with Crippen molar-refractivity contribution < 1.29 is 30.3 Å².